The number of hydrogen-bond acceptors (Lipinski definition) is 4. The fraction of sp³-hybridized carbons (Fsp3) is 0. The van der Waals surface area contributed by atoms with Crippen LogP contribution >= 0.6 is 0 Å². The lowest BCUT2D eigenvalue weighted by Gasteiger charge is -2.10. The topological polar surface area (TPSA) is 51.8 Å². The van der Waals surface area contributed by atoms with Crippen LogP contribution in [0.4, 0.5) is 0 Å². The predicted molar refractivity (Wildman–Crippen MR) is 174 cm³/mol. The molecule has 6 aromatic carbocycles. The molecule has 0 amide bonds. The van der Waals surface area contributed by atoms with Gasteiger partial charge in [-0.2, -0.15) is 0 Å². The fourth-order valence-corrected chi connectivity index (χ4v) is 4.93. The van der Waals surface area contributed by atoms with Gasteiger partial charge in [-0.05, 0) is 34.9 Å². The number of hydrogen-bond donors (Lipinski definition) is 0. The number of aromatic nitrogens is 3. The number of benzene rings is 6. The molecule has 43 heavy (non-hydrogen) atoms. The lowest BCUT2D eigenvalue weighted by Crippen LogP contribution is -2.00. The van der Waals surface area contributed by atoms with Crippen LogP contribution in [0.5, 0.6) is 0 Å². The van der Waals surface area contributed by atoms with E-state index in [1.54, 1.807) is 30.3 Å². The van der Waals surface area contributed by atoms with Gasteiger partial charge in [0.05, 0.1) is 20.6 Å². The monoisotopic (exact) mass is 566 g/mol. The molecule has 0 unspecified atom stereocenters. The van der Waals surface area contributed by atoms with Crippen molar-refractivity contribution >= 4 is 21.9 Å². The minimum atomic E-state index is -0.682. The highest BCUT2D eigenvalue weighted by Crippen LogP contribution is 2.42. The number of nitrogens with zero attached hydrogens (tertiary/aromatic N) is 3. The van der Waals surface area contributed by atoms with E-state index in [9.17, 15) is 0 Å². The quantitative estimate of drug-likeness (QED) is 0.208. The molecule has 0 spiro atoms. The summed E-state index contributed by atoms with van der Waals surface area (Å²) in [5, 5.41) is 0.747. The van der Waals surface area contributed by atoms with Crippen LogP contribution in [0.1, 0.15) is 20.6 Å². The summed E-state index contributed by atoms with van der Waals surface area (Å²) in [7, 11) is 0. The van der Waals surface area contributed by atoms with Gasteiger partial charge in [-0.15, -0.1) is 0 Å². The first-order valence-corrected chi connectivity index (χ1v) is 13.1. The minimum Gasteiger partial charge on any atom is -0.455 e. The first-order chi connectivity index (χ1) is 27.5. The van der Waals surface area contributed by atoms with Crippen molar-refractivity contribution in [2.45, 2.75) is 0 Å². The van der Waals surface area contributed by atoms with Crippen LogP contribution in [0.15, 0.2) is 156 Å². The Labute approximate surface area is 270 Å². The van der Waals surface area contributed by atoms with E-state index in [4.69, 9.17) is 25.0 Å². The van der Waals surface area contributed by atoms with E-state index >= 15 is 0 Å². The van der Waals surface area contributed by atoms with E-state index in [0.29, 0.717) is 16.3 Å². The largest absolute Gasteiger partial charge is 0.455 e. The van der Waals surface area contributed by atoms with Gasteiger partial charge < -0.3 is 4.42 Å². The van der Waals surface area contributed by atoms with E-state index in [1.165, 1.54) is 0 Å². The van der Waals surface area contributed by atoms with Crippen molar-refractivity contribution in [2.75, 3.05) is 0 Å². The van der Waals surface area contributed by atoms with Gasteiger partial charge in [-0.1, -0.05) is 133 Å². The summed E-state index contributed by atoms with van der Waals surface area (Å²) in [5.41, 5.74) is 1.13. The maximum Gasteiger partial charge on any atom is 0.164 e. The molecule has 0 saturated heterocycles. The lowest BCUT2D eigenvalue weighted by atomic mass is 9.95. The molecule has 202 valence electrons. The first kappa shape index (κ1) is 13.9. The van der Waals surface area contributed by atoms with Gasteiger partial charge in [0.25, 0.3) is 0 Å². The zero-order valence-corrected chi connectivity index (χ0v) is 22.0. The third kappa shape index (κ3) is 4.55. The number of fused-ring (bicyclic) bond motifs is 3. The van der Waals surface area contributed by atoms with Crippen LogP contribution in [0.3, 0.4) is 0 Å². The maximum atomic E-state index is 8.82. The normalized spacial score (nSPS) is 16.1. The van der Waals surface area contributed by atoms with Crippen molar-refractivity contribution in [3.63, 3.8) is 0 Å². The second-order valence-corrected chi connectivity index (χ2v) is 9.35. The van der Waals surface area contributed by atoms with Gasteiger partial charge in [0.15, 0.2) is 17.5 Å². The Morgan fingerprint density at radius 3 is 1.67 bits per heavy atom. The molecule has 0 bridgehead atoms. The Kier molecular flexibility index (Phi) is 3.39. The molecule has 0 saturated carbocycles. The van der Waals surface area contributed by atoms with Crippen LogP contribution in [0, 0.1) is 0 Å². The summed E-state index contributed by atoms with van der Waals surface area (Å²) < 4.78 is 133. The Morgan fingerprint density at radius 1 is 0.465 bits per heavy atom. The van der Waals surface area contributed by atoms with E-state index in [-0.39, 0.29) is 33.7 Å². The third-order valence-corrected chi connectivity index (χ3v) is 6.80. The van der Waals surface area contributed by atoms with Gasteiger partial charge in [-0.25, -0.2) is 15.0 Å². The second kappa shape index (κ2) is 10.5. The molecule has 8 rings (SSSR count). The molecule has 0 atom stereocenters. The lowest BCUT2D eigenvalue weighted by molar-refractivity contribution is 0.670. The van der Waals surface area contributed by atoms with Crippen molar-refractivity contribution in [3.05, 3.63) is 151 Å². The Morgan fingerprint density at radius 2 is 1.05 bits per heavy atom. The summed E-state index contributed by atoms with van der Waals surface area (Å²) >= 11 is 0. The molecular formula is C39H25N3O. The summed E-state index contributed by atoms with van der Waals surface area (Å²) in [6, 6.07) is 8.15. The van der Waals surface area contributed by atoms with Crippen LogP contribution in [-0.4, -0.2) is 15.0 Å². The molecule has 2 aromatic heterocycles. The second-order valence-electron chi connectivity index (χ2n) is 9.35. The highest BCUT2D eigenvalue weighted by Gasteiger charge is 2.20. The van der Waals surface area contributed by atoms with Crippen molar-refractivity contribution in [1.29, 1.82) is 0 Å². The molecule has 0 radical (unpaired) electrons. The van der Waals surface area contributed by atoms with Gasteiger partial charge in [0.2, 0.25) is 0 Å². The zero-order chi connectivity index (χ0) is 41.6. The van der Waals surface area contributed by atoms with Crippen molar-refractivity contribution in [2.24, 2.45) is 0 Å². The van der Waals surface area contributed by atoms with E-state index < -0.39 is 113 Å². The molecule has 4 nitrogen and oxygen atoms in total. The molecule has 0 N–H and O–H groups in total. The van der Waals surface area contributed by atoms with E-state index in [2.05, 4.69) is 15.0 Å². The maximum absolute atomic E-state index is 8.82. The van der Waals surface area contributed by atoms with Gasteiger partial charge in [0.1, 0.15) is 11.2 Å². The van der Waals surface area contributed by atoms with Crippen molar-refractivity contribution in [3.8, 4) is 56.4 Å². The van der Waals surface area contributed by atoms with Crippen LogP contribution in [0.25, 0.3) is 78.4 Å². The number of furan rings is 1. The third-order valence-electron chi connectivity index (χ3n) is 6.80. The zero-order valence-electron chi connectivity index (χ0n) is 37.0. The fourth-order valence-electron chi connectivity index (χ4n) is 4.93. The summed E-state index contributed by atoms with van der Waals surface area (Å²) in [6.07, 6.45) is 0. The molecule has 0 aliphatic carbocycles. The first-order valence-electron chi connectivity index (χ1n) is 20.6. The smallest absolute Gasteiger partial charge is 0.164 e. The summed E-state index contributed by atoms with van der Waals surface area (Å²) in [6.45, 7) is 0. The van der Waals surface area contributed by atoms with E-state index in [0.717, 1.165) is 5.56 Å². The molecule has 4 heteroatoms. The van der Waals surface area contributed by atoms with Gasteiger partial charge >= 0.3 is 0 Å². The molecule has 0 fully saturated rings. The average molecular weight is 567 g/mol. The molecular weight excluding hydrogens is 526 g/mol. The Balaban J connectivity index is 1.52. The van der Waals surface area contributed by atoms with Crippen LogP contribution in [0.2, 0.25) is 0 Å². The van der Waals surface area contributed by atoms with Gasteiger partial charge in [-0.3, -0.25) is 0 Å². The summed E-state index contributed by atoms with van der Waals surface area (Å²) in [4.78, 5) is 13.6. The van der Waals surface area contributed by atoms with Crippen LogP contribution < -0.4 is 0 Å². The molecule has 0 aliphatic rings. The number of rotatable bonds is 5. The Bertz CT molecular complexity index is 2900. The molecule has 0 aliphatic heterocycles. The summed E-state index contributed by atoms with van der Waals surface area (Å²) in [5.74, 6) is -1.08. The van der Waals surface area contributed by atoms with Crippen molar-refractivity contribution in [1.82, 2.24) is 15.0 Å². The standard InChI is InChI=1S/C39H25N3O/c1-5-14-26(15-6-1)30-24-32(27-16-7-2-8-17-27)36-33(25-30)35-31(22-13-23-34(35)43-36)39-41-37(28-18-9-3-10-19-28)40-38(42-39)29-20-11-4-12-21-29/h1-25H/i2D,3D,4D,7D,8D,9D,10D,11D,12D,16D,17D,18D,19D,20D,21D. The van der Waals surface area contributed by atoms with Gasteiger partial charge in [0, 0.05) is 33.0 Å². The minimum absolute atomic E-state index is 0.110. The highest BCUT2D eigenvalue weighted by atomic mass is 16.3. The predicted octanol–water partition coefficient (Wildman–Crippen LogP) is 10.1. The van der Waals surface area contributed by atoms with Crippen molar-refractivity contribution < 1.29 is 25.0 Å². The molecule has 2 heterocycles. The highest BCUT2D eigenvalue weighted by molar-refractivity contribution is 6.16. The van der Waals surface area contributed by atoms with E-state index in [1.807, 2.05) is 30.3 Å². The van der Waals surface area contributed by atoms with Crippen LogP contribution in [-0.2, 0) is 0 Å². The SMILES string of the molecule is [2H]c1c([2H])c([2H])c(-c2nc(-c3c([2H])c([2H])c([2H])c([2H])c3[2H])nc(-c3cccc4oc5c(-c6c([2H])c([2H])c([2H])c([2H])c6[2H])cc(-c6ccccc6)cc5c34)n2)c([2H])c1[2H]. The Hall–Kier alpha value is -5.87. The molecule has 8 aromatic rings. The average Bonchev–Trinajstić information content (AvgIpc) is 3.61.